The Kier molecular flexibility index (Phi) is 4.14. The van der Waals surface area contributed by atoms with E-state index in [1.807, 2.05) is 24.8 Å². The molecule has 1 saturated heterocycles. The molecule has 2 aliphatic heterocycles. The minimum Gasteiger partial charge on any atom is -0.353 e. The van der Waals surface area contributed by atoms with Gasteiger partial charge in [-0.3, -0.25) is 4.79 Å². The highest BCUT2D eigenvalue weighted by Crippen LogP contribution is 2.28. The molecule has 0 aromatic heterocycles. The maximum absolute atomic E-state index is 12.2. The molecule has 1 atom stereocenters. The molecular weight excluding hydrogens is 314 g/mol. The Morgan fingerprint density at radius 3 is 2.83 bits per heavy atom. The summed E-state index contributed by atoms with van der Waals surface area (Å²) in [5, 5.41) is 3.03. The summed E-state index contributed by atoms with van der Waals surface area (Å²) < 4.78 is 28.3. The van der Waals surface area contributed by atoms with Crippen LogP contribution in [0.3, 0.4) is 0 Å². The zero-order valence-electron chi connectivity index (χ0n) is 13.3. The molecule has 1 amide bonds. The summed E-state index contributed by atoms with van der Waals surface area (Å²) in [5.74, 6) is 0.470. The monoisotopic (exact) mass is 335 g/mol. The Hall–Kier alpha value is -1.89. The number of likely N-dealkylation sites (tertiary alicyclic amines) is 1. The second-order valence-corrected chi connectivity index (χ2v) is 7.91. The predicted octanol–water partition coefficient (Wildman–Crippen LogP) is 1.37. The van der Waals surface area contributed by atoms with Crippen LogP contribution in [0.1, 0.15) is 32.3 Å². The van der Waals surface area contributed by atoms with Crippen LogP contribution in [-0.2, 0) is 14.8 Å². The number of sulfonamides is 1. The Balaban J connectivity index is 1.81. The van der Waals surface area contributed by atoms with Crippen LogP contribution in [-0.4, -0.2) is 44.2 Å². The van der Waals surface area contributed by atoms with E-state index < -0.39 is 10.0 Å². The number of benzene rings is 1. The molecule has 2 heterocycles. The normalized spacial score (nSPS) is 22.7. The van der Waals surface area contributed by atoms with E-state index in [1.165, 1.54) is 0 Å². The van der Waals surface area contributed by atoms with E-state index in [0.29, 0.717) is 17.9 Å². The highest BCUT2D eigenvalue weighted by atomic mass is 32.2. The summed E-state index contributed by atoms with van der Waals surface area (Å²) >= 11 is 0. The van der Waals surface area contributed by atoms with Crippen molar-refractivity contribution < 1.29 is 13.2 Å². The molecule has 0 saturated carbocycles. The number of hydrogen-bond donors (Lipinski definition) is 1. The van der Waals surface area contributed by atoms with Crippen molar-refractivity contribution in [3.05, 3.63) is 29.8 Å². The topological polar surface area (TPSA) is 78.8 Å². The van der Waals surface area contributed by atoms with Gasteiger partial charge in [0.05, 0.1) is 0 Å². The third-order valence-corrected chi connectivity index (χ3v) is 5.53. The van der Waals surface area contributed by atoms with Gasteiger partial charge < -0.3 is 10.2 Å². The van der Waals surface area contributed by atoms with Gasteiger partial charge in [0.15, 0.2) is 5.84 Å². The Morgan fingerprint density at radius 2 is 2.09 bits per heavy atom. The molecule has 1 unspecified atom stereocenters. The number of piperidine rings is 1. The summed E-state index contributed by atoms with van der Waals surface area (Å²) in [5.41, 5.74) is 0.656. The minimum absolute atomic E-state index is 0.0248. The quantitative estimate of drug-likeness (QED) is 0.885. The van der Waals surface area contributed by atoms with Crippen molar-refractivity contribution in [2.24, 2.45) is 10.3 Å². The van der Waals surface area contributed by atoms with Gasteiger partial charge in [-0.2, -0.15) is 8.42 Å². The number of fused-ring (bicyclic) bond motifs is 1. The zero-order valence-corrected chi connectivity index (χ0v) is 14.1. The van der Waals surface area contributed by atoms with Crippen LogP contribution in [0.2, 0.25) is 0 Å². The largest absolute Gasteiger partial charge is 0.353 e. The van der Waals surface area contributed by atoms with Crippen LogP contribution in [0.15, 0.2) is 33.6 Å². The number of nitrogens with zero attached hydrogens (tertiary/aromatic N) is 2. The Bertz CT molecular complexity index is 756. The number of nitrogens with one attached hydrogen (secondary N) is 1. The van der Waals surface area contributed by atoms with Crippen LogP contribution in [0.5, 0.6) is 0 Å². The molecule has 2 aliphatic rings. The molecule has 6 nitrogen and oxygen atoms in total. The van der Waals surface area contributed by atoms with Crippen molar-refractivity contribution in [2.75, 3.05) is 13.1 Å². The first-order valence-corrected chi connectivity index (χ1v) is 9.32. The minimum atomic E-state index is -3.60. The zero-order chi connectivity index (χ0) is 16.6. The van der Waals surface area contributed by atoms with E-state index in [2.05, 4.69) is 9.71 Å². The van der Waals surface area contributed by atoms with Crippen LogP contribution in [0.25, 0.3) is 0 Å². The van der Waals surface area contributed by atoms with Gasteiger partial charge in [0, 0.05) is 30.6 Å². The molecule has 0 bridgehead atoms. The molecule has 1 N–H and O–H groups in total. The first-order chi connectivity index (χ1) is 10.9. The Labute approximate surface area is 136 Å². The SMILES string of the molecule is CC(C)C(=O)NC1CCCN(C2=NS(=O)(=O)c3ccccc32)C1. The number of rotatable bonds is 2. The van der Waals surface area contributed by atoms with Gasteiger partial charge in [-0.05, 0) is 25.0 Å². The summed E-state index contributed by atoms with van der Waals surface area (Å²) in [7, 11) is -3.60. The van der Waals surface area contributed by atoms with Crippen molar-refractivity contribution in [1.29, 1.82) is 0 Å². The average Bonchev–Trinajstić information content (AvgIpc) is 2.80. The van der Waals surface area contributed by atoms with Crippen molar-refractivity contribution in [1.82, 2.24) is 10.2 Å². The van der Waals surface area contributed by atoms with E-state index in [0.717, 1.165) is 19.4 Å². The summed E-state index contributed by atoms with van der Waals surface area (Å²) in [6.07, 6.45) is 1.79. The van der Waals surface area contributed by atoms with Gasteiger partial charge in [-0.15, -0.1) is 4.40 Å². The van der Waals surface area contributed by atoms with Gasteiger partial charge in [0.2, 0.25) is 5.91 Å². The van der Waals surface area contributed by atoms with E-state index in [-0.39, 0.29) is 22.8 Å². The van der Waals surface area contributed by atoms with Crippen LogP contribution >= 0.6 is 0 Å². The van der Waals surface area contributed by atoms with Crippen LogP contribution < -0.4 is 5.32 Å². The van der Waals surface area contributed by atoms with Crippen molar-refractivity contribution >= 4 is 21.8 Å². The lowest BCUT2D eigenvalue weighted by molar-refractivity contribution is -0.125. The lowest BCUT2D eigenvalue weighted by atomic mass is 10.0. The van der Waals surface area contributed by atoms with Crippen LogP contribution in [0.4, 0.5) is 0 Å². The molecule has 3 rings (SSSR count). The maximum Gasteiger partial charge on any atom is 0.285 e. The van der Waals surface area contributed by atoms with Gasteiger partial charge >= 0.3 is 0 Å². The van der Waals surface area contributed by atoms with E-state index in [4.69, 9.17) is 0 Å². The smallest absolute Gasteiger partial charge is 0.285 e. The highest BCUT2D eigenvalue weighted by Gasteiger charge is 2.33. The summed E-state index contributed by atoms with van der Waals surface area (Å²) in [4.78, 5) is 14.1. The Morgan fingerprint density at radius 1 is 1.35 bits per heavy atom. The molecule has 0 radical (unpaired) electrons. The molecule has 0 aliphatic carbocycles. The number of carbonyl (C=O) groups excluding carboxylic acids is 1. The lowest BCUT2D eigenvalue weighted by Crippen LogP contribution is -2.50. The van der Waals surface area contributed by atoms with E-state index >= 15 is 0 Å². The number of carbonyl (C=O) groups is 1. The lowest BCUT2D eigenvalue weighted by Gasteiger charge is -2.34. The van der Waals surface area contributed by atoms with Gasteiger partial charge in [0.1, 0.15) is 4.90 Å². The molecule has 1 aromatic carbocycles. The number of amides is 1. The van der Waals surface area contributed by atoms with Gasteiger partial charge in [-0.25, -0.2) is 0 Å². The molecule has 23 heavy (non-hydrogen) atoms. The van der Waals surface area contributed by atoms with Crippen molar-refractivity contribution in [2.45, 2.75) is 37.6 Å². The van der Waals surface area contributed by atoms with Gasteiger partial charge in [0.25, 0.3) is 10.0 Å². The third kappa shape index (κ3) is 3.10. The fraction of sp³-hybridized carbons (Fsp3) is 0.500. The van der Waals surface area contributed by atoms with Gasteiger partial charge in [-0.1, -0.05) is 26.0 Å². The predicted molar refractivity (Wildman–Crippen MR) is 87.7 cm³/mol. The highest BCUT2D eigenvalue weighted by molar-refractivity contribution is 7.90. The third-order valence-electron chi connectivity index (χ3n) is 4.20. The molecular formula is C16H21N3O3S. The molecule has 0 spiro atoms. The molecule has 124 valence electrons. The number of amidine groups is 1. The first kappa shape index (κ1) is 16.0. The molecule has 7 heteroatoms. The fourth-order valence-corrected chi connectivity index (χ4v) is 4.20. The number of hydrogen-bond acceptors (Lipinski definition) is 4. The fourth-order valence-electron chi connectivity index (χ4n) is 2.97. The van der Waals surface area contributed by atoms with Crippen LogP contribution in [0, 0.1) is 5.92 Å². The van der Waals surface area contributed by atoms with Crippen molar-refractivity contribution in [3.8, 4) is 0 Å². The molecule has 1 aromatic rings. The summed E-state index contributed by atoms with van der Waals surface area (Å²) in [6.45, 7) is 5.05. The molecule has 1 fully saturated rings. The van der Waals surface area contributed by atoms with Crippen molar-refractivity contribution in [3.63, 3.8) is 0 Å². The van der Waals surface area contributed by atoms with E-state index in [9.17, 15) is 13.2 Å². The maximum atomic E-state index is 12.2. The summed E-state index contributed by atoms with van der Waals surface area (Å²) in [6, 6.07) is 6.92. The standard InChI is InChI=1S/C16H21N3O3S/c1-11(2)16(20)17-12-6-5-9-19(10-12)15-13-7-3-4-8-14(13)23(21,22)18-15/h3-4,7-8,11-12H,5-6,9-10H2,1-2H3,(H,17,20). The van der Waals surface area contributed by atoms with E-state index in [1.54, 1.807) is 18.2 Å². The average molecular weight is 335 g/mol. The second kappa shape index (κ2) is 5.96. The second-order valence-electron chi connectivity index (χ2n) is 6.33. The first-order valence-electron chi connectivity index (χ1n) is 7.88.